The van der Waals surface area contributed by atoms with Gasteiger partial charge in [-0.3, -0.25) is 4.99 Å². The Morgan fingerprint density at radius 2 is 1.85 bits per heavy atom. The van der Waals surface area contributed by atoms with Gasteiger partial charge >= 0.3 is 0 Å². The van der Waals surface area contributed by atoms with Gasteiger partial charge in [0.2, 0.25) is 0 Å². The Balaban J connectivity index is 2.02. The van der Waals surface area contributed by atoms with E-state index in [4.69, 9.17) is 14.2 Å². The third-order valence-corrected chi connectivity index (χ3v) is 3.86. The van der Waals surface area contributed by atoms with Gasteiger partial charge in [0.25, 0.3) is 0 Å². The van der Waals surface area contributed by atoms with E-state index in [0.29, 0.717) is 30.6 Å². The fourth-order valence-corrected chi connectivity index (χ4v) is 2.53. The lowest BCUT2D eigenvalue weighted by atomic mass is 10.1. The van der Waals surface area contributed by atoms with Crippen molar-refractivity contribution in [2.75, 3.05) is 39.7 Å². The second-order valence-electron chi connectivity index (χ2n) is 5.51. The van der Waals surface area contributed by atoms with Crippen molar-refractivity contribution < 1.29 is 14.2 Å². The molecule has 0 saturated carbocycles. The zero-order chi connectivity index (χ0) is 18.8. The lowest BCUT2D eigenvalue weighted by Gasteiger charge is -2.19. The molecular formula is C20H27N3O3. The Labute approximate surface area is 155 Å². The highest BCUT2D eigenvalue weighted by Gasteiger charge is 2.12. The topological polar surface area (TPSA) is 64.1 Å². The first-order chi connectivity index (χ1) is 12.7. The minimum Gasteiger partial charge on any atom is -0.493 e. The van der Waals surface area contributed by atoms with Gasteiger partial charge in [-0.2, -0.15) is 0 Å². The summed E-state index contributed by atoms with van der Waals surface area (Å²) in [6.45, 7) is 3.10. The van der Waals surface area contributed by atoms with Gasteiger partial charge in [-0.25, -0.2) is 0 Å². The first-order valence-electron chi connectivity index (χ1n) is 8.58. The summed E-state index contributed by atoms with van der Waals surface area (Å²) in [7, 11) is 5.06. The van der Waals surface area contributed by atoms with E-state index in [-0.39, 0.29) is 6.10 Å². The molecule has 140 valence electrons. The van der Waals surface area contributed by atoms with Crippen molar-refractivity contribution >= 4 is 11.6 Å². The first kappa shape index (κ1) is 19.6. The Kier molecular flexibility index (Phi) is 7.76. The Bertz CT molecular complexity index is 705. The van der Waals surface area contributed by atoms with Gasteiger partial charge in [-0.1, -0.05) is 30.3 Å². The number of nitrogens with zero attached hydrogens (tertiary/aromatic N) is 1. The summed E-state index contributed by atoms with van der Waals surface area (Å²) in [6.07, 6.45) is -0.0652. The molecule has 0 spiro atoms. The molecule has 1 atom stereocenters. The fraction of sp³-hybridized carbons (Fsp3) is 0.350. The lowest BCUT2D eigenvalue weighted by molar-refractivity contribution is 0.106. The zero-order valence-electron chi connectivity index (χ0n) is 15.8. The summed E-state index contributed by atoms with van der Waals surface area (Å²) in [5.74, 6) is 2.04. The van der Waals surface area contributed by atoms with Crippen LogP contribution in [-0.4, -0.2) is 40.4 Å². The molecule has 6 heteroatoms. The van der Waals surface area contributed by atoms with Crippen LogP contribution >= 0.6 is 0 Å². The molecule has 0 aromatic heterocycles. The number of anilines is 1. The summed E-state index contributed by atoms with van der Waals surface area (Å²) in [6, 6.07) is 15.8. The summed E-state index contributed by atoms with van der Waals surface area (Å²) in [4.78, 5) is 4.27. The molecule has 1 unspecified atom stereocenters. The van der Waals surface area contributed by atoms with Crippen LogP contribution in [0.2, 0.25) is 0 Å². The van der Waals surface area contributed by atoms with Crippen LogP contribution in [0.3, 0.4) is 0 Å². The molecule has 2 N–H and O–H groups in total. The van der Waals surface area contributed by atoms with E-state index in [1.54, 1.807) is 21.3 Å². The van der Waals surface area contributed by atoms with Gasteiger partial charge in [0, 0.05) is 32.5 Å². The normalized spacial score (nSPS) is 12.4. The highest BCUT2D eigenvalue weighted by Crippen LogP contribution is 2.30. The van der Waals surface area contributed by atoms with Gasteiger partial charge in [-0.15, -0.1) is 0 Å². The molecule has 0 radical (unpaired) electrons. The van der Waals surface area contributed by atoms with Crippen LogP contribution < -0.4 is 20.1 Å². The van der Waals surface area contributed by atoms with Gasteiger partial charge in [-0.05, 0) is 24.6 Å². The molecule has 0 aliphatic heterocycles. The maximum atomic E-state index is 5.61. The number of benzene rings is 2. The average Bonchev–Trinajstić information content (AvgIpc) is 2.69. The van der Waals surface area contributed by atoms with Gasteiger partial charge in [0.05, 0.1) is 19.8 Å². The number of hydrogen-bond acceptors (Lipinski definition) is 4. The standard InChI is InChI=1S/C20H27N3O3/c1-5-26-18-13-16(11-12-17(18)24-3)23-20(21-2)22-14-19(25-4)15-9-7-6-8-10-15/h6-13,19H,5,14H2,1-4H3,(H2,21,22,23). The number of ether oxygens (including phenoxy) is 3. The average molecular weight is 357 g/mol. The maximum Gasteiger partial charge on any atom is 0.195 e. The van der Waals surface area contributed by atoms with Gasteiger partial charge in [0.15, 0.2) is 17.5 Å². The Morgan fingerprint density at radius 3 is 2.46 bits per heavy atom. The largest absolute Gasteiger partial charge is 0.493 e. The summed E-state index contributed by atoms with van der Waals surface area (Å²) in [5.41, 5.74) is 1.97. The van der Waals surface area contributed by atoms with Crippen molar-refractivity contribution in [3.63, 3.8) is 0 Å². The summed E-state index contributed by atoms with van der Waals surface area (Å²) >= 11 is 0. The van der Waals surface area contributed by atoms with E-state index in [1.807, 2.05) is 55.5 Å². The van der Waals surface area contributed by atoms with Crippen molar-refractivity contribution in [2.24, 2.45) is 4.99 Å². The molecule has 6 nitrogen and oxygen atoms in total. The minimum absolute atomic E-state index is 0.0652. The Hall–Kier alpha value is -2.73. The van der Waals surface area contributed by atoms with E-state index in [1.165, 1.54) is 0 Å². The number of aliphatic imine (C=N–C) groups is 1. The number of nitrogens with one attached hydrogen (secondary N) is 2. The first-order valence-corrected chi connectivity index (χ1v) is 8.58. The third kappa shape index (κ3) is 5.39. The van der Waals surface area contributed by atoms with Crippen molar-refractivity contribution in [1.82, 2.24) is 5.32 Å². The predicted octanol–water partition coefficient (Wildman–Crippen LogP) is 3.47. The van der Waals surface area contributed by atoms with Crippen LogP contribution in [-0.2, 0) is 4.74 Å². The highest BCUT2D eigenvalue weighted by molar-refractivity contribution is 5.93. The van der Waals surface area contributed by atoms with Crippen LogP contribution in [0, 0.1) is 0 Å². The van der Waals surface area contributed by atoms with Gasteiger partial charge in [0.1, 0.15) is 0 Å². The number of rotatable bonds is 8. The summed E-state index contributed by atoms with van der Waals surface area (Å²) in [5, 5.41) is 6.55. The van der Waals surface area contributed by atoms with Gasteiger partial charge < -0.3 is 24.8 Å². The van der Waals surface area contributed by atoms with Crippen LogP contribution in [0.15, 0.2) is 53.5 Å². The number of guanidine groups is 1. The predicted molar refractivity (Wildman–Crippen MR) is 105 cm³/mol. The van der Waals surface area contributed by atoms with E-state index in [0.717, 1.165) is 11.3 Å². The van der Waals surface area contributed by atoms with E-state index >= 15 is 0 Å². The van der Waals surface area contributed by atoms with Crippen molar-refractivity contribution in [3.8, 4) is 11.5 Å². The quantitative estimate of drug-likeness (QED) is 0.559. The van der Waals surface area contributed by atoms with Crippen LogP contribution in [0.5, 0.6) is 11.5 Å². The SMILES string of the molecule is CCOc1cc(NC(=NC)NCC(OC)c2ccccc2)ccc1OC. The second kappa shape index (κ2) is 10.3. The molecule has 0 heterocycles. The number of hydrogen-bond donors (Lipinski definition) is 2. The van der Waals surface area contributed by atoms with E-state index in [2.05, 4.69) is 15.6 Å². The smallest absolute Gasteiger partial charge is 0.195 e. The second-order valence-corrected chi connectivity index (χ2v) is 5.51. The van der Waals surface area contributed by atoms with Crippen LogP contribution in [0.4, 0.5) is 5.69 Å². The minimum atomic E-state index is -0.0652. The zero-order valence-corrected chi connectivity index (χ0v) is 15.8. The molecule has 0 saturated heterocycles. The summed E-state index contributed by atoms with van der Waals surface area (Å²) < 4.78 is 16.5. The molecule has 0 aliphatic carbocycles. The highest BCUT2D eigenvalue weighted by atomic mass is 16.5. The third-order valence-electron chi connectivity index (χ3n) is 3.86. The van der Waals surface area contributed by atoms with Crippen molar-refractivity contribution in [1.29, 1.82) is 0 Å². The molecule has 2 rings (SSSR count). The van der Waals surface area contributed by atoms with Crippen molar-refractivity contribution in [2.45, 2.75) is 13.0 Å². The molecule has 0 aliphatic rings. The molecule has 0 amide bonds. The van der Waals surface area contributed by atoms with Crippen LogP contribution in [0.1, 0.15) is 18.6 Å². The van der Waals surface area contributed by atoms with E-state index in [9.17, 15) is 0 Å². The molecule has 0 bridgehead atoms. The molecule has 0 fully saturated rings. The monoisotopic (exact) mass is 357 g/mol. The fourth-order valence-electron chi connectivity index (χ4n) is 2.53. The molecule has 26 heavy (non-hydrogen) atoms. The van der Waals surface area contributed by atoms with Crippen molar-refractivity contribution in [3.05, 3.63) is 54.1 Å². The molecular weight excluding hydrogens is 330 g/mol. The lowest BCUT2D eigenvalue weighted by Crippen LogP contribution is -2.34. The Morgan fingerprint density at radius 1 is 1.08 bits per heavy atom. The van der Waals surface area contributed by atoms with Crippen LogP contribution in [0.25, 0.3) is 0 Å². The van der Waals surface area contributed by atoms with E-state index < -0.39 is 0 Å². The molecule has 2 aromatic rings. The maximum absolute atomic E-state index is 5.61. The molecule has 2 aromatic carbocycles. The number of methoxy groups -OCH3 is 2.